The van der Waals surface area contributed by atoms with Crippen LogP contribution in [0.5, 0.6) is 0 Å². The van der Waals surface area contributed by atoms with E-state index in [0.29, 0.717) is 0 Å². The van der Waals surface area contributed by atoms with Crippen LogP contribution in [-0.4, -0.2) is 5.91 Å². The molecule has 1 atom stereocenters. The molecule has 0 aromatic carbocycles. The number of carbonyl (C=O) groups excluding carboxylic acids is 1. The Morgan fingerprint density at radius 1 is 1.89 bits per heavy atom. The number of nitrogens with two attached hydrogens (primary N) is 1. The van der Waals surface area contributed by atoms with Gasteiger partial charge in [-0.1, -0.05) is 6.92 Å². The highest BCUT2D eigenvalue weighted by molar-refractivity contribution is 5.84. The zero-order valence-corrected chi connectivity index (χ0v) is 5.51. The third kappa shape index (κ3) is 1.43. The molecule has 0 aliphatic heterocycles. The molecule has 0 heterocycles. The van der Waals surface area contributed by atoms with Crippen LogP contribution in [0.25, 0.3) is 0 Å². The van der Waals surface area contributed by atoms with Gasteiger partial charge in [-0.05, 0) is 13.3 Å². The van der Waals surface area contributed by atoms with Crippen molar-refractivity contribution in [3.63, 3.8) is 0 Å². The van der Waals surface area contributed by atoms with Crippen LogP contribution in [0, 0.1) is 23.2 Å². The van der Waals surface area contributed by atoms with Gasteiger partial charge < -0.3 is 5.73 Å². The summed E-state index contributed by atoms with van der Waals surface area (Å²) < 4.78 is 0. The van der Waals surface area contributed by atoms with Gasteiger partial charge in [0.05, 0.1) is 6.07 Å². The number of carbonyl (C=O) groups is 1. The van der Waals surface area contributed by atoms with E-state index < -0.39 is 11.3 Å². The molecular formula is C6H9N2O. The van der Waals surface area contributed by atoms with E-state index in [1.807, 2.05) is 0 Å². The monoisotopic (exact) mass is 125 g/mol. The smallest absolute Gasteiger partial charge is 0.237 e. The maximum Gasteiger partial charge on any atom is 0.237 e. The van der Waals surface area contributed by atoms with Crippen molar-refractivity contribution in [2.24, 2.45) is 11.1 Å². The van der Waals surface area contributed by atoms with Gasteiger partial charge in [-0.25, -0.2) is 0 Å². The first-order valence-electron chi connectivity index (χ1n) is 2.58. The van der Waals surface area contributed by atoms with Crippen LogP contribution in [0.15, 0.2) is 0 Å². The minimum atomic E-state index is -1.10. The minimum Gasteiger partial charge on any atom is -0.368 e. The molecule has 0 aliphatic rings. The number of amides is 1. The zero-order valence-electron chi connectivity index (χ0n) is 5.51. The van der Waals surface area contributed by atoms with Crippen LogP contribution in [-0.2, 0) is 4.79 Å². The molecule has 1 radical (unpaired) electrons. The summed E-state index contributed by atoms with van der Waals surface area (Å²) in [5, 5.41) is 8.37. The van der Waals surface area contributed by atoms with Crippen molar-refractivity contribution in [1.82, 2.24) is 0 Å². The first kappa shape index (κ1) is 7.96. The number of primary amides is 1. The Kier molecular flexibility index (Phi) is 2.20. The molecule has 0 fully saturated rings. The molecule has 0 saturated carbocycles. The Hall–Kier alpha value is -1.04. The molecule has 49 valence electrons. The summed E-state index contributed by atoms with van der Waals surface area (Å²) in [6.07, 6.45) is 1.48. The zero-order chi connectivity index (χ0) is 7.49. The molecule has 3 heteroatoms. The maximum atomic E-state index is 10.5. The lowest BCUT2D eigenvalue weighted by Crippen LogP contribution is -2.32. The maximum absolute atomic E-state index is 10.5. The summed E-state index contributed by atoms with van der Waals surface area (Å²) in [4.78, 5) is 10.5. The van der Waals surface area contributed by atoms with E-state index in [9.17, 15) is 4.79 Å². The molecule has 0 aromatic heterocycles. The molecule has 2 N–H and O–H groups in total. The fraction of sp³-hybridized carbons (Fsp3) is 0.500. The second-order valence-corrected chi connectivity index (χ2v) is 1.97. The van der Waals surface area contributed by atoms with Crippen LogP contribution in [0.3, 0.4) is 0 Å². The number of hydrogen-bond donors (Lipinski definition) is 1. The molecule has 1 unspecified atom stereocenters. The second-order valence-electron chi connectivity index (χ2n) is 1.97. The van der Waals surface area contributed by atoms with Crippen LogP contribution in [0.2, 0.25) is 0 Å². The summed E-state index contributed by atoms with van der Waals surface area (Å²) in [6.45, 7) is 3.11. The predicted molar refractivity (Wildman–Crippen MR) is 32.9 cm³/mol. The largest absolute Gasteiger partial charge is 0.368 e. The average molecular weight is 125 g/mol. The summed E-state index contributed by atoms with van der Waals surface area (Å²) in [6, 6.07) is 1.80. The van der Waals surface area contributed by atoms with Crippen molar-refractivity contribution in [3.05, 3.63) is 6.42 Å². The molecule has 0 bridgehead atoms. The molecule has 9 heavy (non-hydrogen) atoms. The van der Waals surface area contributed by atoms with E-state index in [-0.39, 0.29) is 0 Å². The van der Waals surface area contributed by atoms with E-state index in [0.717, 1.165) is 0 Å². The van der Waals surface area contributed by atoms with Gasteiger partial charge >= 0.3 is 0 Å². The third-order valence-corrected chi connectivity index (χ3v) is 1.32. The molecule has 0 saturated heterocycles. The molecule has 0 aromatic rings. The van der Waals surface area contributed by atoms with Crippen LogP contribution >= 0.6 is 0 Å². The SMILES string of the molecule is C[CH]C(C)(C#N)C(N)=O. The van der Waals surface area contributed by atoms with Crippen LogP contribution in [0.1, 0.15) is 13.8 Å². The Balaban J connectivity index is 4.33. The van der Waals surface area contributed by atoms with Crippen molar-refractivity contribution in [1.29, 1.82) is 5.26 Å². The lowest BCUT2D eigenvalue weighted by molar-refractivity contribution is -0.122. The Morgan fingerprint density at radius 3 is 2.33 bits per heavy atom. The fourth-order valence-electron chi connectivity index (χ4n) is 0.262. The summed E-state index contributed by atoms with van der Waals surface area (Å²) in [5.74, 6) is -0.604. The average Bonchev–Trinajstić information content (AvgIpc) is 1.86. The van der Waals surface area contributed by atoms with Crippen molar-refractivity contribution >= 4 is 5.91 Å². The first-order chi connectivity index (χ1) is 4.06. The molecular weight excluding hydrogens is 116 g/mol. The van der Waals surface area contributed by atoms with Crippen LogP contribution in [0.4, 0.5) is 0 Å². The quantitative estimate of drug-likeness (QED) is 0.573. The Labute approximate surface area is 54.5 Å². The fourth-order valence-corrected chi connectivity index (χ4v) is 0.262. The highest BCUT2D eigenvalue weighted by Gasteiger charge is 2.28. The topological polar surface area (TPSA) is 66.9 Å². The van der Waals surface area contributed by atoms with Gasteiger partial charge in [-0.15, -0.1) is 0 Å². The van der Waals surface area contributed by atoms with Gasteiger partial charge in [0, 0.05) is 0 Å². The second kappa shape index (κ2) is 2.49. The molecule has 0 rings (SSSR count). The lowest BCUT2D eigenvalue weighted by atomic mass is 9.89. The van der Waals surface area contributed by atoms with Gasteiger partial charge in [0.2, 0.25) is 5.91 Å². The van der Waals surface area contributed by atoms with Crippen molar-refractivity contribution < 1.29 is 4.79 Å². The third-order valence-electron chi connectivity index (χ3n) is 1.32. The van der Waals surface area contributed by atoms with E-state index >= 15 is 0 Å². The standard InChI is InChI=1S/C6H9N2O/c1-3-6(2,4-7)5(8)9/h3H,1-2H3,(H2,8,9). The highest BCUT2D eigenvalue weighted by Crippen LogP contribution is 2.16. The number of nitriles is 1. The van der Waals surface area contributed by atoms with Gasteiger partial charge in [0.25, 0.3) is 0 Å². The van der Waals surface area contributed by atoms with Crippen molar-refractivity contribution in [2.75, 3.05) is 0 Å². The van der Waals surface area contributed by atoms with E-state index in [4.69, 9.17) is 11.0 Å². The number of hydrogen-bond acceptors (Lipinski definition) is 2. The minimum absolute atomic E-state index is 0.604. The number of rotatable bonds is 2. The highest BCUT2D eigenvalue weighted by atomic mass is 16.1. The number of nitrogens with zero attached hydrogens (tertiary/aromatic N) is 1. The normalized spacial score (nSPS) is 15.7. The van der Waals surface area contributed by atoms with E-state index in [1.54, 1.807) is 13.0 Å². The molecule has 0 aliphatic carbocycles. The van der Waals surface area contributed by atoms with Gasteiger partial charge in [0.1, 0.15) is 5.41 Å². The van der Waals surface area contributed by atoms with Gasteiger partial charge in [0.15, 0.2) is 0 Å². The van der Waals surface area contributed by atoms with Crippen molar-refractivity contribution in [3.8, 4) is 6.07 Å². The first-order valence-corrected chi connectivity index (χ1v) is 2.58. The van der Waals surface area contributed by atoms with Gasteiger partial charge in [-0.3, -0.25) is 4.79 Å². The van der Waals surface area contributed by atoms with Gasteiger partial charge in [-0.2, -0.15) is 5.26 Å². The Bertz CT molecular complexity index is 159. The summed E-state index contributed by atoms with van der Waals surface area (Å²) >= 11 is 0. The molecule has 3 nitrogen and oxygen atoms in total. The lowest BCUT2D eigenvalue weighted by Gasteiger charge is -2.12. The van der Waals surface area contributed by atoms with Crippen LogP contribution < -0.4 is 5.73 Å². The summed E-state index contributed by atoms with van der Waals surface area (Å²) in [5.41, 5.74) is 3.80. The Morgan fingerprint density at radius 2 is 2.33 bits per heavy atom. The van der Waals surface area contributed by atoms with E-state index in [1.165, 1.54) is 13.3 Å². The summed E-state index contributed by atoms with van der Waals surface area (Å²) in [7, 11) is 0. The molecule has 1 amide bonds. The molecule has 0 spiro atoms. The van der Waals surface area contributed by atoms with E-state index in [2.05, 4.69) is 0 Å². The van der Waals surface area contributed by atoms with Crippen molar-refractivity contribution in [2.45, 2.75) is 13.8 Å². The predicted octanol–water partition coefficient (Wildman–Crippen LogP) is 0.226.